The van der Waals surface area contributed by atoms with E-state index < -0.39 is 0 Å². The van der Waals surface area contributed by atoms with Crippen LogP contribution < -0.4 is 15.8 Å². The van der Waals surface area contributed by atoms with Crippen LogP contribution in [0.25, 0.3) is 28.2 Å². The molecule has 0 saturated carbocycles. The third-order valence-electron chi connectivity index (χ3n) is 5.12. The summed E-state index contributed by atoms with van der Waals surface area (Å²) < 4.78 is 5.20. The van der Waals surface area contributed by atoms with Gasteiger partial charge in [0.15, 0.2) is 0 Å². The van der Waals surface area contributed by atoms with Gasteiger partial charge in [-0.2, -0.15) is 0 Å². The summed E-state index contributed by atoms with van der Waals surface area (Å²) >= 11 is 0. The number of benzene rings is 2. The van der Waals surface area contributed by atoms with Crippen LogP contribution in [0.4, 0.5) is 5.69 Å². The minimum atomic E-state index is -0.359. The largest absolute Gasteiger partial charge is 0.497 e. The molecule has 2 aromatic carbocycles. The van der Waals surface area contributed by atoms with Gasteiger partial charge in [0.05, 0.1) is 12.8 Å². The van der Waals surface area contributed by atoms with Crippen molar-refractivity contribution in [1.82, 2.24) is 9.97 Å². The number of nitrogens with two attached hydrogens (primary N) is 1. The molecule has 2 heterocycles. The summed E-state index contributed by atoms with van der Waals surface area (Å²) in [7, 11) is 1.60. The quantitative estimate of drug-likeness (QED) is 0.411. The van der Waals surface area contributed by atoms with E-state index in [9.17, 15) is 4.79 Å². The maximum absolute atomic E-state index is 12.6. The Morgan fingerprint density at radius 2 is 1.94 bits per heavy atom. The number of hydrogen-bond donors (Lipinski definition) is 3. The summed E-state index contributed by atoms with van der Waals surface area (Å²) in [6.45, 7) is 4.03. The lowest BCUT2D eigenvalue weighted by molar-refractivity contribution is -0.112. The molecule has 1 amide bonds. The van der Waals surface area contributed by atoms with Crippen LogP contribution in [-0.4, -0.2) is 23.0 Å². The molecular formula is C25H24N4O2. The number of carbonyl (C=O) groups is 1. The van der Waals surface area contributed by atoms with Crippen molar-refractivity contribution in [3.8, 4) is 16.9 Å². The number of pyridine rings is 1. The van der Waals surface area contributed by atoms with Crippen LogP contribution in [0.3, 0.4) is 0 Å². The van der Waals surface area contributed by atoms with Gasteiger partial charge in [0.2, 0.25) is 0 Å². The van der Waals surface area contributed by atoms with Crippen LogP contribution in [0.15, 0.2) is 66.5 Å². The Balaban J connectivity index is 1.56. The SMILES string of the molecule is COc1cccc(C=C(N)C(=O)Nc2ccc(-c3ccnc4[nH]c(C)cc34)c(C)c2)c1. The van der Waals surface area contributed by atoms with Crippen molar-refractivity contribution in [2.24, 2.45) is 5.73 Å². The molecular weight excluding hydrogens is 388 g/mol. The number of anilines is 1. The molecule has 6 nitrogen and oxygen atoms in total. The molecule has 0 aliphatic carbocycles. The van der Waals surface area contributed by atoms with E-state index in [1.54, 1.807) is 19.4 Å². The zero-order chi connectivity index (χ0) is 22.0. The highest BCUT2D eigenvalue weighted by molar-refractivity contribution is 6.06. The first-order valence-corrected chi connectivity index (χ1v) is 9.92. The first kappa shape index (κ1) is 20.2. The van der Waals surface area contributed by atoms with Gasteiger partial charge in [-0.1, -0.05) is 18.2 Å². The number of nitrogens with zero attached hydrogens (tertiary/aromatic N) is 1. The molecule has 0 radical (unpaired) electrons. The van der Waals surface area contributed by atoms with Crippen LogP contribution in [0.2, 0.25) is 0 Å². The summed E-state index contributed by atoms with van der Waals surface area (Å²) in [6.07, 6.45) is 3.42. The summed E-state index contributed by atoms with van der Waals surface area (Å²) in [6, 6.07) is 17.3. The first-order valence-electron chi connectivity index (χ1n) is 9.92. The van der Waals surface area contributed by atoms with E-state index in [2.05, 4.69) is 21.4 Å². The normalized spacial score (nSPS) is 11.5. The molecule has 0 spiro atoms. The number of carbonyl (C=O) groups excluding carboxylic acids is 1. The van der Waals surface area contributed by atoms with Gasteiger partial charge < -0.3 is 20.8 Å². The van der Waals surface area contributed by atoms with Crippen molar-refractivity contribution in [3.05, 3.63) is 83.3 Å². The molecule has 0 atom stereocenters. The van der Waals surface area contributed by atoms with Crippen molar-refractivity contribution in [1.29, 1.82) is 0 Å². The third-order valence-corrected chi connectivity index (χ3v) is 5.12. The van der Waals surface area contributed by atoms with Gasteiger partial charge in [-0.25, -0.2) is 4.98 Å². The van der Waals surface area contributed by atoms with Crippen LogP contribution in [0.1, 0.15) is 16.8 Å². The fourth-order valence-corrected chi connectivity index (χ4v) is 3.62. The number of amides is 1. The Labute approximate surface area is 180 Å². The molecule has 0 fully saturated rings. The zero-order valence-electron chi connectivity index (χ0n) is 17.7. The van der Waals surface area contributed by atoms with E-state index in [0.717, 1.165) is 39.0 Å². The molecule has 4 rings (SSSR count). The number of aryl methyl sites for hydroxylation is 2. The fraction of sp³-hybridized carbons (Fsp3) is 0.120. The van der Waals surface area contributed by atoms with Crippen molar-refractivity contribution in [2.45, 2.75) is 13.8 Å². The average Bonchev–Trinajstić information content (AvgIpc) is 3.14. The van der Waals surface area contributed by atoms with Crippen LogP contribution >= 0.6 is 0 Å². The smallest absolute Gasteiger partial charge is 0.271 e. The molecule has 31 heavy (non-hydrogen) atoms. The van der Waals surface area contributed by atoms with Gasteiger partial charge in [0, 0.05) is 23.0 Å². The second-order valence-corrected chi connectivity index (χ2v) is 7.43. The van der Waals surface area contributed by atoms with Crippen LogP contribution in [0.5, 0.6) is 5.75 Å². The van der Waals surface area contributed by atoms with Crippen LogP contribution in [0, 0.1) is 13.8 Å². The fourth-order valence-electron chi connectivity index (χ4n) is 3.62. The second kappa shape index (κ2) is 8.36. The highest BCUT2D eigenvalue weighted by Crippen LogP contribution is 2.31. The van der Waals surface area contributed by atoms with E-state index in [1.165, 1.54) is 0 Å². The standard InChI is InChI=1S/C25H24N4O2/c1-15-11-18(29-25(30)23(26)14-17-5-4-6-19(13-17)31-3)7-8-20(15)21-9-10-27-24-22(21)12-16(2)28-24/h4-14H,26H2,1-3H3,(H,27,28)(H,29,30). The highest BCUT2D eigenvalue weighted by Gasteiger charge is 2.11. The van der Waals surface area contributed by atoms with Gasteiger partial charge in [-0.3, -0.25) is 4.79 Å². The topological polar surface area (TPSA) is 93.0 Å². The second-order valence-electron chi connectivity index (χ2n) is 7.43. The third kappa shape index (κ3) is 4.28. The summed E-state index contributed by atoms with van der Waals surface area (Å²) in [5.74, 6) is 0.346. The van der Waals surface area contributed by atoms with E-state index in [-0.39, 0.29) is 11.6 Å². The molecule has 156 valence electrons. The number of rotatable bonds is 5. The summed E-state index contributed by atoms with van der Waals surface area (Å²) in [4.78, 5) is 20.2. The molecule has 2 aromatic heterocycles. The van der Waals surface area contributed by atoms with Crippen molar-refractivity contribution in [3.63, 3.8) is 0 Å². The molecule has 6 heteroatoms. The Kier molecular flexibility index (Phi) is 5.45. The first-order chi connectivity index (χ1) is 14.9. The molecule has 0 aliphatic heterocycles. The number of H-pyrrole nitrogens is 1. The Morgan fingerprint density at radius 3 is 2.71 bits per heavy atom. The summed E-state index contributed by atoms with van der Waals surface area (Å²) in [5, 5.41) is 3.94. The number of hydrogen-bond acceptors (Lipinski definition) is 4. The minimum Gasteiger partial charge on any atom is -0.497 e. The molecule has 0 saturated heterocycles. The predicted molar refractivity (Wildman–Crippen MR) is 125 cm³/mol. The summed E-state index contributed by atoms with van der Waals surface area (Å²) in [5.41, 5.74) is 12.8. The van der Waals surface area contributed by atoms with Gasteiger partial charge >= 0.3 is 0 Å². The molecule has 0 bridgehead atoms. The van der Waals surface area contributed by atoms with E-state index >= 15 is 0 Å². The maximum Gasteiger partial charge on any atom is 0.271 e. The lowest BCUT2D eigenvalue weighted by atomic mass is 9.98. The molecule has 0 unspecified atom stereocenters. The molecule has 0 aliphatic rings. The van der Waals surface area contributed by atoms with Crippen LogP contribution in [-0.2, 0) is 4.79 Å². The number of fused-ring (bicyclic) bond motifs is 1. The van der Waals surface area contributed by atoms with Gasteiger partial charge in [-0.15, -0.1) is 0 Å². The van der Waals surface area contributed by atoms with E-state index in [4.69, 9.17) is 10.5 Å². The van der Waals surface area contributed by atoms with Gasteiger partial charge in [0.1, 0.15) is 11.4 Å². The van der Waals surface area contributed by atoms with E-state index in [0.29, 0.717) is 11.4 Å². The highest BCUT2D eigenvalue weighted by atomic mass is 16.5. The van der Waals surface area contributed by atoms with Crippen molar-refractivity contribution < 1.29 is 9.53 Å². The Hall–Kier alpha value is -4.06. The Morgan fingerprint density at radius 1 is 1.10 bits per heavy atom. The molecule has 4 aromatic rings. The number of ether oxygens (including phenoxy) is 1. The van der Waals surface area contributed by atoms with Crippen molar-refractivity contribution in [2.75, 3.05) is 12.4 Å². The monoisotopic (exact) mass is 412 g/mol. The van der Waals surface area contributed by atoms with E-state index in [1.807, 2.05) is 62.4 Å². The lowest BCUT2D eigenvalue weighted by Crippen LogP contribution is -2.19. The maximum atomic E-state index is 12.6. The minimum absolute atomic E-state index is 0.119. The number of methoxy groups -OCH3 is 1. The van der Waals surface area contributed by atoms with Gasteiger partial charge in [-0.05, 0) is 78.6 Å². The van der Waals surface area contributed by atoms with Gasteiger partial charge in [0.25, 0.3) is 5.91 Å². The average molecular weight is 412 g/mol. The predicted octanol–water partition coefficient (Wildman–Crippen LogP) is 4.79. The number of aromatic amines is 1. The molecule has 4 N–H and O–H groups in total. The Bertz CT molecular complexity index is 1300. The zero-order valence-corrected chi connectivity index (χ0v) is 17.7. The van der Waals surface area contributed by atoms with Crippen molar-refractivity contribution >= 4 is 28.7 Å². The lowest BCUT2D eigenvalue weighted by Gasteiger charge is -2.11. The number of nitrogens with one attached hydrogen (secondary N) is 2. The number of aromatic nitrogens is 2.